The van der Waals surface area contributed by atoms with Crippen molar-refractivity contribution >= 4 is 35.8 Å². The van der Waals surface area contributed by atoms with Crippen molar-refractivity contribution in [3.05, 3.63) is 59.7 Å². The minimum Gasteiger partial charge on any atom is -0.465 e. The van der Waals surface area contributed by atoms with E-state index in [4.69, 9.17) is 4.74 Å². The molecule has 3 nitrogen and oxygen atoms in total. The Balaban J connectivity index is 2.02. The van der Waals surface area contributed by atoms with E-state index in [-0.39, 0.29) is 5.97 Å². The van der Waals surface area contributed by atoms with Crippen LogP contribution >= 0.6 is 23.5 Å². The molecule has 0 radical (unpaired) electrons. The minimum atomic E-state index is -0.203. The lowest BCUT2D eigenvalue weighted by Crippen LogP contribution is -2.06. The third kappa shape index (κ3) is 5.44. The Hall–Kier alpha value is -1.72. The summed E-state index contributed by atoms with van der Waals surface area (Å²) in [5.74, 6) is 0.850. The van der Waals surface area contributed by atoms with Gasteiger partial charge in [0.1, 0.15) is 0 Å². The second kappa shape index (κ2) is 9.43. The number of thioether (sulfide) groups is 2. The van der Waals surface area contributed by atoms with Crippen LogP contribution in [0.25, 0.3) is 0 Å². The average Bonchev–Trinajstić information content (AvgIpc) is 2.59. The molecule has 2 aromatic rings. The SMILES string of the molecule is CCOC(=O)CSc1ccccc1CSc1ccccc1C=O. The number of carbonyl (C=O) groups is 2. The van der Waals surface area contributed by atoms with Crippen LogP contribution in [0.2, 0.25) is 0 Å². The fourth-order valence-corrected chi connectivity index (χ4v) is 3.94. The Morgan fingerprint density at radius 2 is 1.74 bits per heavy atom. The van der Waals surface area contributed by atoms with Crippen molar-refractivity contribution in [2.45, 2.75) is 22.5 Å². The highest BCUT2D eigenvalue weighted by Crippen LogP contribution is 2.30. The molecule has 0 saturated heterocycles. The molecule has 0 aliphatic heterocycles. The van der Waals surface area contributed by atoms with Gasteiger partial charge in [0.05, 0.1) is 12.4 Å². The zero-order chi connectivity index (χ0) is 16.5. The van der Waals surface area contributed by atoms with Crippen molar-refractivity contribution in [1.29, 1.82) is 0 Å². The molecule has 0 spiro atoms. The molecule has 0 unspecified atom stereocenters. The first-order valence-electron chi connectivity index (χ1n) is 7.28. The van der Waals surface area contributed by atoms with E-state index in [1.807, 2.05) is 48.5 Å². The van der Waals surface area contributed by atoms with Crippen molar-refractivity contribution in [2.75, 3.05) is 12.4 Å². The van der Waals surface area contributed by atoms with Gasteiger partial charge in [0, 0.05) is 21.1 Å². The first-order valence-corrected chi connectivity index (χ1v) is 9.25. The molecule has 0 saturated carbocycles. The number of rotatable bonds is 8. The fraction of sp³-hybridized carbons (Fsp3) is 0.222. The van der Waals surface area contributed by atoms with Crippen LogP contribution in [0.5, 0.6) is 0 Å². The fourth-order valence-electron chi connectivity index (χ4n) is 1.97. The standard InChI is InChI=1S/C18H18O3S2/c1-2-21-18(20)13-23-17-10-6-4-8-15(17)12-22-16-9-5-3-7-14(16)11-19/h3-11H,2,12-13H2,1H3. The Labute approximate surface area is 144 Å². The zero-order valence-corrected chi connectivity index (χ0v) is 14.5. The summed E-state index contributed by atoms with van der Waals surface area (Å²) >= 11 is 3.11. The van der Waals surface area contributed by atoms with Crippen molar-refractivity contribution < 1.29 is 14.3 Å². The van der Waals surface area contributed by atoms with Crippen LogP contribution in [-0.2, 0) is 15.3 Å². The van der Waals surface area contributed by atoms with E-state index in [0.717, 1.165) is 27.4 Å². The molecule has 0 amide bonds. The maximum Gasteiger partial charge on any atom is 0.316 e. The van der Waals surface area contributed by atoms with E-state index in [1.54, 1.807) is 18.7 Å². The predicted molar refractivity (Wildman–Crippen MR) is 95.2 cm³/mol. The molecule has 0 fully saturated rings. The van der Waals surface area contributed by atoms with Crippen molar-refractivity contribution in [1.82, 2.24) is 0 Å². The Bertz CT molecular complexity index is 671. The van der Waals surface area contributed by atoms with Gasteiger partial charge < -0.3 is 4.74 Å². The van der Waals surface area contributed by atoms with Crippen LogP contribution in [0.4, 0.5) is 0 Å². The van der Waals surface area contributed by atoms with Crippen LogP contribution in [-0.4, -0.2) is 24.6 Å². The van der Waals surface area contributed by atoms with E-state index in [2.05, 4.69) is 0 Å². The van der Waals surface area contributed by atoms with E-state index >= 15 is 0 Å². The van der Waals surface area contributed by atoms with Gasteiger partial charge in [-0.2, -0.15) is 0 Å². The molecule has 0 aromatic heterocycles. The monoisotopic (exact) mass is 346 g/mol. The van der Waals surface area contributed by atoms with Crippen LogP contribution in [0, 0.1) is 0 Å². The summed E-state index contributed by atoms with van der Waals surface area (Å²) in [7, 11) is 0. The molecule has 2 aromatic carbocycles. The molecule has 23 heavy (non-hydrogen) atoms. The van der Waals surface area contributed by atoms with Crippen LogP contribution < -0.4 is 0 Å². The maximum atomic E-state index is 11.5. The highest BCUT2D eigenvalue weighted by Gasteiger charge is 2.08. The molecule has 2 rings (SSSR count). The largest absolute Gasteiger partial charge is 0.465 e. The first-order chi connectivity index (χ1) is 11.2. The normalized spacial score (nSPS) is 10.3. The molecular weight excluding hydrogens is 328 g/mol. The highest BCUT2D eigenvalue weighted by molar-refractivity contribution is 8.00. The lowest BCUT2D eigenvalue weighted by Gasteiger charge is -2.09. The summed E-state index contributed by atoms with van der Waals surface area (Å²) < 4.78 is 4.96. The molecule has 120 valence electrons. The molecule has 0 atom stereocenters. The lowest BCUT2D eigenvalue weighted by atomic mass is 10.2. The van der Waals surface area contributed by atoms with Crippen molar-refractivity contribution in [3.8, 4) is 0 Å². The van der Waals surface area contributed by atoms with Gasteiger partial charge in [-0.15, -0.1) is 23.5 Å². The second-order valence-electron chi connectivity index (χ2n) is 4.65. The third-order valence-electron chi connectivity index (χ3n) is 3.05. The number of esters is 1. The van der Waals surface area contributed by atoms with E-state index in [9.17, 15) is 9.59 Å². The van der Waals surface area contributed by atoms with Gasteiger partial charge in [-0.25, -0.2) is 0 Å². The number of hydrogen-bond acceptors (Lipinski definition) is 5. The quantitative estimate of drug-likeness (QED) is 0.401. The minimum absolute atomic E-state index is 0.203. The molecular formula is C18H18O3S2. The topological polar surface area (TPSA) is 43.4 Å². The Kier molecular flexibility index (Phi) is 7.23. The summed E-state index contributed by atoms with van der Waals surface area (Å²) in [6.45, 7) is 2.21. The summed E-state index contributed by atoms with van der Waals surface area (Å²) in [6.07, 6.45) is 0.879. The summed E-state index contributed by atoms with van der Waals surface area (Å²) in [5.41, 5.74) is 1.85. The number of carbonyl (C=O) groups excluding carboxylic acids is 2. The van der Waals surface area contributed by atoms with Crippen LogP contribution in [0.3, 0.4) is 0 Å². The Morgan fingerprint density at radius 3 is 2.48 bits per heavy atom. The number of ether oxygens (including phenoxy) is 1. The number of hydrogen-bond donors (Lipinski definition) is 0. The molecule has 0 aliphatic carbocycles. The molecule has 0 N–H and O–H groups in total. The van der Waals surface area contributed by atoms with Gasteiger partial charge in [-0.3, -0.25) is 9.59 Å². The lowest BCUT2D eigenvalue weighted by molar-refractivity contribution is -0.139. The van der Waals surface area contributed by atoms with Crippen LogP contribution in [0.15, 0.2) is 58.3 Å². The van der Waals surface area contributed by atoms with Gasteiger partial charge in [0.15, 0.2) is 6.29 Å². The molecule has 0 aliphatic rings. The van der Waals surface area contributed by atoms with E-state index in [1.165, 1.54) is 11.8 Å². The summed E-state index contributed by atoms with van der Waals surface area (Å²) in [5, 5.41) is 0. The highest BCUT2D eigenvalue weighted by atomic mass is 32.2. The van der Waals surface area contributed by atoms with E-state index < -0.39 is 0 Å². The number of benzene rings is 2. The smallest absolute Gasteiger partial charge is 0.316 e. The summed E-state index contributed by atoms with van der Waals surface area (Å²) in [4.78, 5) is 24.6. The van der Waals surface area contributed by atoms with E-state index in [0.29, 0.717) is 17.9 Å². The van der Waals surface area contributed by atoms with Gasteiger partial charge in [0.2, 0.25) is 0 Å². The van der Waals surface area contributed by atoms with Crippen LogP contribution in [0.1, 0.15) is 22.8 Å². The predicted octanol–water partition coefficient (Wildman–Crippen LogP) is 4.45. The molecule has 0 bridgehead atoms. The van der Waals surface area contributed by atoms with Crippen molar-refractivity contribution in [3.63, 3.8) is 0 Å². The Morgan fingerprint density at radius 1 is 1.04 bits per heavy atom. The van der Waals surface area contributed by atoms with Gasteiger partial charge >= 0.3 is 5.97 Å². The van der Waals surface area contributed by atoms with Crippen molar-refractivity contribution in [2.24, 2.45) is 0 Å². The number of aldehydes is 1. The zero-order valence-electron chi connectivity index (χ0n) is 12.9. The van der Waals surface area contributed by atoms with Gasteiger partial charge in [0.25, 0.3) is 0 Å². The van der Waals surface area contributed by atoms with Gasteiger partial charge in [-0.1, -0.05) is 36.4 Å². The van der Waals surface area contributed by atoms with Gasteiger partial charge in [-0.05, 0) is 24.6 Å². The third-order valence-corrected chi connectivity index (χ3v) is 5.28. The average molecular weight is 346 g/mol. The first kappa shape index (κ1) is 17.6. The molecule has 0 heterocycles. The maximum absolute atomic E-state index is 11.5. The second-order valence-corrected chi connectivity index (χ2v) is 6.68. The summed E-state index contributed by atoms with van der Waals surface area (Å²) in [6, 6.07) is 15.5. The molecule has 5 heteroatoms.